The van der Waals surface area contributed by atoms with Crippen molar-refractivity contribution in [2.24, 2.45) is 0 Å². The number of carbonyl (C=O) groups excluding carboxylic acids is 1. The predicted molar refractivity (Wildman–Crippen MR) is 105 cm³/mol. The lowest BCUT2D eigenvalue weighted by atomic mass is 10.1. The average molecular weight is 388 g/mol. The van der Waals surface area contributed by atoms with Crippen LogP contribution < -0.4 is 4.74 Å². The van der Waals surface area contributed by atoms with Crippen LogP contribution in [0.15, 0.2) is 53.1 Å². The highest BCUT2D eigenvalue weighted by Gasteiger charge is 2.33. The maximum atomic E-state index is 12.5. The standard InChI is InChI=1S/C22H20N4O3/c1-2-28-19-5-3-4-16(10-19)13-26-14-18(11-20(26)27)21-24-22(29-25-21)17-8-6-15(12-23)7-9-17/h3-10,18H,2,11,13-14H2,1H3. The van der Waals surface area contributed by atoms with Gasteiger partial charge in [0.25, 0.3) is 5.89 Å². The molecule has 7 heteroatoms. The first-order valence-corrected chi connectivity index (χ1v) is 9.50. The Kier molecular flexibility index (Phi) is 5.25. The monoisotopic (exact) mass is 388 g/mol. The van der Waals surface area contributed by atoms with Crippen LogP contribution >= 0.6 is 0 Å². The maximum Gasteiger partial charge on any atom is 0.257 e. The van der Waals surface area contributed by atoms with E-state index >= 15 is 0 Å². The van der Waals surface area contributed by atoms with Crippen LogP contribution in [0.25, 0.3) is 11.5 Å². The fourth-order valence-corrected chi connectivity index (χ4v) is 3.42. The van der Waals surface area contributed by atoms with Gasteiger partial charge in [-0.1, -0.05) is 17.3 Å². The van der Waals surface area contributed by atoms with Crippen LogP contribution in [0.3, 0.4) is 0 Å². The zero-order chi connectivity index (χ0) is 20.2. The molecule has 2 heterocycles. The molecule has 7 nitrogen and oxygen atoms in total. The van der Waals surface area contributed by atoms with Crippen molar-refractivity contribution >= 4 is 5.91 Å². The molecule has 146 valence electrons. The van der Waals surface area contributed by atoms with E-state index in [-0.39, 0.29) is 11.8 Å². The first-order valence-electron chi connectivity index (χ1n) is 9.50. The van der Waals surface area contributed by atoms with E-state index in [1.54, 1.807) is 24.3 Å². The van der Waals surface area contributed by atoms with E-state index in [0.717, 1.165) is 16.9 Å². The highest BCUT2D eigenvalue weighted by Crippen LogP contribution is 2.29. The lowest BCUT2D eigenvalue weighted by Gasteiger charge is -2.16. The van der Waals surface area contributed by atoms with Gasteiger partial charge in [0.1, 0.15) is 5.75 Å². The molecule has 1 aromatic heterocycles. The predicted octanol–water partition coefficient (Wildman–Crippen LogP) is 3.52. The number of nitrogens with zero attached hydrogens (tertiary/aromatic N) is 4. The molecule has 1 aliphatic heterocycles. The lowest BCUT2D eigenvalue weighted by Crippen LogP contribution is -2.24. The van der Waals surface area contributed by atoms with Crippen LogP contribution in [0.5, 0.6) is 5.75 Å². The molecule has 3 aromatic rings. The van der Waals surface area contributed by atoms with Gasteiger partial charge in [-0.25, -0.2) is 0 Å². The van der Waals surface area contributed by atoms with Crippen LogP contribution in [0.2, 0.25) is 0 Å². The Morgan fingerprint density at radius 1 is 1.28 bits per heavy atom. The summed E-state index contributed by atoms with van der Waals surface area (Å²) in [5.41, 5.74) is 2.34. The smallest absolute Gasteiger partial charge is 0.257 e. The molecular weight excluding hydrogens is 368 g/mol. The van der Waals surface area contributed by atoms with Crippen molar-refractivity contribution in [2.75, 3.05) is 13.2 Å². The third kappa shape index (κ3) is 4.11. The van der Waals surface area contributed by atoms with Gasteiger partial charge in [-0.05, 0) is 48.9 Å². The quantitative estimate of drug-likeness (QED) is 0.641. The number of rotatable bonds is 6. The van der Waals surface area contributed by atoms with Gasteiger partial charge in [0.2, 0.25) is 5.91 Å². The minimum absolute atomic E-state index is 0.0709. The average Bonchev–Trinajstić information content (AvgIpc) is 3.36. The van der Waals surface area contributed by atoms with Gasteiger partial charge >= 0.3 is 0 Å². The number of aromatic nitrogens is 2. The van der Waals surface area contributed by atoms with Crippen molar-refractivity contribution in [3.05, 3.63) is 65.5 Å². The first-order chi connectivity index (χ1) is 14.2. The zero-order valence-electron chi connectivity index (χ0n) is 16.0. The second-order valence-electron chi connectivity index (χ2n) is 6.90. The number of hydrogen-bond donors (Lipinski definition) is 0. The van der Waals surface area contributed by atoms with Gasteiger partial charge < -0.3 is 14.2 Å². The Labute approximate surface area is 168 Å². The molecule has 29 heavy (non-hydrogen) atoms. The molecular formula is C22H20N4O3. The summed E-state index contributed by atoms with van der Waals surface area (Å²) in [6.45, 7) is 3.62. The second-order valence-corrected chi connectivity index (χ2v) is 6.90. The summed E-state index contributed by atoms with van der Waals surface area (Å²) in [6, 6.07) is 16.8. The minimum atomic E-state index is -0.103. The Hall–Kier alpha value is -3.66. The number of ether oxygens (including phenoxy) is 1. The fraction of sp³-hybridized carbons (Fsp3) is 0.273. The Balaban J connectivity index is 1.45. The van der Waals surface area contributed by atoms with Gasteiger partial charge in [0.05, 0.1) is 18.2 Å². The summed E-state index contributed by atoms with van der Waals surface area (Å²) in [7, 11) is 0. The largest absolute Gasteiger partial charge is 0.494 e. The van der Waals surface area contributed by atoms with Crippen molar-refractivity contribution < 1.29 is 14.1 Å². The van der Waals surface area contributed by atoms with Crippen molar-refractivity contribution in [3.8, 4) is 23.3 Å². The van der Waals surface area contributed by atoms with Crippen LogP contribution in [0.1, 0.15) is 36.2 Å². The molecule has 4 rings (SSSR count). The van der Waals surface area contributed by atoms with Gasteiger partial charge in [0, 0.05) is 31.0 Å². The zero-order valence-corrected chi connectivity index (χ0v) is 16.0. The van der Waals surface area contributed by atoms with E-state index in [1.807, 2.05) is 36.1 Å². The summed E-state index contributed by atoms with van der Waals surface area (Å²) in [5.74, 6) is 1.69. The van der Waals surface area contributed by atoms with Crippen LogP contribution in [-0.4, -0.2) is 34.1 Å². The van der Waals surface area contributed by atoms with E-state index in [4.69, 9.17) is 14.5 Å². The maximum absolute atomic E-state index is 12.5. The van der Waals surface area contributed by atoms with Gasteiger partial charge in [-0.2, -0.15) is 10.2 Å². The summed E-state index contributed by atoms with van der Waals surface area (Å²) in [4.78, 5) is 18.8. The van der Waals surface area contributed by atoms with Crippen molar-refractivity contribution in [2.45, 2.75) is 25.8 Å². The molecule has 1 atom stereocenters. The molecule has 0 spiro atoms. The SMILES string of the molecule is CCOc1cccc(CN2CC(c3noc(-c4ccc(C#N)cc4)n3)CC2=O)c1. The fourth-order valence-electron chi connectivity index (χ4n) is 3.42. The van der Waals surface area contributed by atoms with E-state index in [9.17, 15) is 4.79 Å². The van der Waals surface area contributed by atoms with Crippen molar-refractivity contribution in [1.82, 2.24) is 15.0 Å². The summed E-state index contributed by atoms with van der Waals surface area (Å²) < 4.78 is 10.9. The summed E-state index contributed by atoms with van der Waals surface area (Å²) in [5, 5.41) is 13.0. The van der Waals surface area contributed by atoms with Gasteiger partial charge in [-0.15, -0.1) is 0 Å². The van der Waals surface area contributed by atoms with Crippen LogP contribution in [0.4, 0.5) is 0 Å². The minimum Gasteiger partial charge on any atom is -0.494 e. The van der Waals surface area contributed by atoms with Crippen LogP contribution in [0, 0.1) is 11.3 Å². The van der Waals surface area contributed by atoms with Gasteiger partial charge in [-0.3, -0.25) is 4.79 Å². The second kappa shape index (κ2) is 8.15. The Bertz CT molecular complexity index is 1050. The molecule has 1 amide bonds. The normalized spacial score (nSPS) is 16.1. The number of likely N-dealkylation sites (tertiary alicyclic amines) is 1. The van der Waals surface area contributed by atoms with Crippen LogP contribution in [-0.2, 0) is 11.3 Å². The molecule has 0 saturated carbocycles. The third-order valence-corrected chi connectivity index (χ3v) is 4.87. The highest BCUT2D eigenvalue weighted by molar-refractivity contribution is 5.79. The molecule has 0 radical (unpaired) electrons. The molecule has 2 aromatic carbocycles. The van der Waals surface area contributed by atoms with E-state index < -0.39 is 0 Å². The number of carbonyl (C=O) groups is 1. The Morgan fingerprint density at radius 2 is 2.10 bits per heavy atom. The summed E-state index contributed by atoms with van der Waals surface area (Å²) >= 11 is 0. The van der Waals surface area contributed by atoms with Crippen molar-refractivity contribution in [3.63, 3.8) is 0 Å². The molecule has 0 bridgehead atoms. The number of amides is 1. The molecule has 0 N–H and O–H groups in total. The van der Waals surface area contributed by atoms with E-state index in [0.29, 0.717) is 43.4 Å². The van der Waals surface area contributed by atoms with Crippen molar-refractivity contribution in [1.29, 1.82) is 5.26 Å². The molecule has 1 saturated heterocycles. The molecule has 0 aliphatic carbocycles. The van der Waals surface area contributed by atoms with E-state index in [1.165, 1.54) is 0 Å². The first kappa shape index (κ1) is 18.7. The molecule has 1 unspecified atom stereocenters. The highest BCUT2D eigenvalue weighted by atomic mass is 16.5. The third-order valence-electron chi connectivity index (χ3n) is 4.87. The van der Waals surface area contributed by atoms with Gasteiger partial charge in [0.15, 0.2) is 5.82 Å². The number of nitriles is 1. The number of benzene rings is 2. The number of hydrogen-bond acceptors (Lipinski definition) is 6. The topological polar surface area (TPSA) is 92.2 Å². The summed E-state index contributed by atoms with van der Waals surface area (Å²) in [6.07, 6.45) is 0.359. The molecule has 1 fully saturated rings. The lowest BCUT2D eigenvalue weighted by molar-refractivity contribution is -0.128. The molecule has 1 aliphatic rings. The van der Waals surface area contributed by atoms with E-state index in [2.05, 4.69) is 16.2 Å². The Morgan fingerprint density at radius 3 is 2.86 bits per heavy atom.